The van der Waals surface area contributed by atoms with Gasteiger partial charge in [-0.05, 0) is 36.1 Å². The van der Waals surface area contributed by atoms with Crippen molar-refractivity contribution in [2.24, 2.45) is 5.92 Å². The lowest BCUT2D eigenvalue weighted by atomic mass is 9.81. The van der Waals surface area contributed by atoms with Crippen LogP contribution in [0, 0.1) is 5.92 Å². The summed E-state index contributed by atoms with van der Waals surface area (Å²) in [6.07, 6.45) is 2.18. The van der Waals surface area contributed by atoms with Crippen LogP contribution in [-0.4, -0.2) is 26.3 Å². The second-order valence-electron chi connectivity index (χ2n) is 6.45. The van der Waals surface area contributed by atoms with Gasteiger partial charge in [0, 0.05) is 24.9 Å². The molecule has 1 fully saturated rings. The third kappa shape index (κ3) is 3.20. The van der Waals surface area contributed by atoms with Crippen molar-refractivity contribution >= 4 is 0 Å². The maximum atomic E-state index is 6.10. The molecule has 120 valence electrons. The van der Waals surface area contributed by atoms with Crippen molar-refractivity contribution in [3.8, 4) is 11.5 Å². The summed E-state index contributed by atoms with van der Waals surface area (Å²) >= 11 is 0. The lowest BCUT2D eigenvalue weighted by Crippen LogP contribution is -2.38. The maximum absolute atomic E-state index is 6.10. The molecule has 2 aromatic carbocycles. The first-order chi connectivity index (χ1) is 11.4. The van der Waals surface area contributed by atoms with Gasteiger partial charge in [-0.1, -0.05) is 36.4 Å². The molecule has 2 atom stereocenters. The highest BCUT2D eigenvalue weighted by molar-refractivity contribution is 5.42. The van der Waals surface area contributed by atoms with E-state index in [0.29, 0.717) is 11.8 Å². The van der Waals surface area contributed by atoms with Crippen LogP contribution >= 0.6 is 0 Å². The number of piperidine rings is 1. The molecule has 0 aliphatic carbocycles. The van der Waals surface area contributed by atoms with Gasteiger partial charge in [-0.15, -0.1) is 0 Å². The van der Waals surface area contributed by atoms with Crippen molar-refractivity contribution in [1.82, 2.24) is 5.32 Å². The summed E-state index contributed by atoms with van der Waals surface area (Å²) in [4.78, 5) is 0. The van der Waals surface area contributed by atoms with Gasteiger partial charge in [0.25, 0.3) is 0 Å². The molecule has 4 rings (SSSR count). The molecular formula is C20H23NO2. The molecule has 23 heavy (non-hydrogen) atoms. The lowest BCUT2D eigenvalue weighted by Gasteiger charge is -2.32. The van der Waals surface area contributed by atoms with Crippen LogP contribution in [0.4, 0.5) is 0 Å². The van der Waals surface area contributed by atoms with Crippen molar-refractivity contribution in [2.75, 3.05) is 26.3 Å². The van der Waals surface area contributed by atoms with Crippen LogP contribution in [-0.2, 0) is 6.42 Å². The van der Waals surface area contributed by atoms with E-state index in [-0.39, 0.29) is 0 Å². The van der Waals surface area contributed by atoms with Crippen LogP contribution in [0.3, 0.4) is 0 Å². The van der Waals surface area contributed by atoms with E-state index in [1.807, 2.05) is 6.07 Å². The van der Waals surface area contributed by atoms with E-state index >= 15 is 0 Å². The first-order valence-electron chi connectivity index (χ1n) is 8.54. The number of ether oxygens (including phenoxy) is 2. The summed E-state index contributed by atoms with van der Waals surface area (Å²) < 4.78 is 11.7. The third-order valence-electron chi connectivity index (χ3n) is 4.97. The SMILES string of the molecule is c1ccc([C@@H]2CCNC[C@H]2COc2ccc3c(c2)OCC3)cc1. The van der Waals surface area contributed by atoms with E-state index in [9.17, 15) is 0 Å². The molecule has 2 aromatic rings. The van der Waals surface area contributed by atoms with E-state index in [2.05, 4.69) is 47.8 Å². The number of fused-ring (bicyclic) bond motifs is 1. The molecule has 0 saturated carbocycles. The second-order valence-corrected chi connectivity index (χ2v) is 6.45. The molecule has 3 nitrogen and oxygen atoms in total. The Hall–Kier alpha value is -2.00. The van der Waals surface area contributed by atoms with Gasteiger partial charge in [0.2, 0.25) is 0 Å². The molecule has 1 N–H and O–H groups in total. The average molecular weight is 309 g/mol. The second kappa shape index (κ2) is 6.63. The van der Waals surface area contributed by atoms with Crippen molar-refractivity contribution < 1.29 is 9.47 Å². The smallest absolute Gasteiger partial charge is 0.126 e. The van der Waals surface area contributed by atoms with E-state index in [1.165, 1.54) is 17.5 Å². The van der Waals surface area contributed by atoms with Crippen LogP contribution in [0.25, 0.3) is 0 Å². The summed E-state index contributed by atoms with van der Waals surface area (Å²) in [5, 5.41) is 3.51. The Balaban J connectivity index is 1.44. The van der Waals surface area contributed by atoms with Gasteiger partial charge >= 0.3 is 0 Å². The Morgan fingerprint density at radius 1 is 1.13 bits per heavy atom. The molecule has 0 amide bonds. The minimum Gasteiger partial charge on any atom is -0.493 e. The minimum atomic E-state index is 0.500. The highest BCUT2D eigenvalue weighted by Crippen LogP contribution is 2.33. The molecule has 0 radical (unpaired) electrons. The summed E-state index contributed by atoms with van der Waals surface area (Å²) in [6, 6.07) is 17.1. The Kier molecular flexibility index (Phi) is 4.20. The number of hydrogen-bond acceptors (Lipinski definition) is 3. The van der Waals surface area contributed by atoms with E-state index in [0.717, 1.165) is 44.2 Å². The van der Waals surface area contributed by atoms with Gasteiger partial charge in [-0.3, -0.25) is 0 Å². The summed E-state index contributed by atoms with van der Waals surface area (Å²) in [5.74, 6) is 2.98. The largest absolute Gasteiger partial charge is 0.493 e. The number of nitrogens with one attached hydrogen (secondary N) is 1. The van der Waals surface area contributed by atoms with Crippen LogP contribution in [0.2, 0.25) is 0 Å². The molecule has 3 heteroatoms. The van der Waals surface area contributed by atoms with Gasteiger partial charge < -0.3 is 14.8 Å². The minimum absolute atomic E-state index is 0.500. The van der Waals surface area contributed by atoms with Crippen LogP contribution in [0.5, 0.6) is 11.5 Å². The van der Waals surface area contributed by atoms with Gasteiger partial charge in [0.15, 0.2) is 0 Å². The van der Waals surface area contributed by atoms with Crippen molar-refractivity contribution in [1.29, 1.82) is 0 Å². The Labute approximate surface area is 137 Å². The van der Waals surface area contributed by atoms with Gasteiger partial charge in [0.05, 0.1) is 13.2 Å². The highest BCUT2D eigenvalue weighted by atomic mass is 16.5. The van der Waals surface area contributed by atoms with Crippen molar-refractivity contribution in [3.05, 3.63) is 59.7 Å². The first-order valence-corrected chi connectivity index (χ1v) is 8.54. The number of hydrogen-bond donors (Lipinski definition) is 1. The molecule has 1 saturated heterocycles. The fourth-order valence-electron chi connectivity index (χ4n) is 3.68. The summed E-state index contributed by atoms with van der Waals surface area (Å²) in [6.45, 7) is 3.64. The Bertz CT molecular complexity index is 656. The maximum Gasteiger partial charge on any atom is 0.126 e. The van der Waals surface area contributed by atoms with Crippen LogP contribution in [0.1, 0.15) is 23.5 Å². The first kappa shape index (κ1) is 14.6. The molecule has 2 aliphatic rings. The third-order valence-corrected chi connectivity index (χ3v) is 4.97. The Morgan fingerprint density at radius 2 is 2.04 bits per heavy atom. The van der Waals surface area contributed by atoms with Gasteiger partial charge in [0.1, 0.15) is 11.5 Å². The fraction of sp³-hybridized carbons (Fsp3) is 0.400. The average Bonchev–Trinajstić information content (AvgIpc) is 3.09. The standard InChI is InChI=1S/C20H23NO2/c1-2-4-15(5-3-1)19-8-10-21-13-17(19)14-23-18-7-6-16-9-11-22-20(16)12-18/h1-7,12,17,19,21H,8-11,13-14H2/t17-,19-/m0/s1. The van der Waals surface area contributed by atoms with Crippen molar-refractivity contribution in [2.45, 2.75) is 18.8 Å². The van der Waals surface area contributed by atoms with E-state index < -0.39 is 0 Å². The molecule has 0 bridgehead atoms. The summed E-state index contributed by atoms with van der Waals surface area (Å²) in [7, 11) is 0. The topological polar surface area (TPSA) is 30.5 Å². The van der Waals surface area contributed by atoms with E-state index in [1.54, 1.807) is 0 Å². The number of rotatable bonds is 4. The molecule has 0 spiro atoms. The highest BCUT2D eigenvalue weighted by Gasteiger charge is 2.27. The zero-order chi connectivity index (χ0) is 15.5. The van der Waals surface area contributed by atoms with Crippen LogP contribution < -0.4 is 14.8 Å². The molecular weight excluding hydrogens is 286 g/mol. The molecule has 0 unspecified atom stereocenters. The zero-order valence-corrected chi connectivity index (χ0v) is 13.3. The number of benzene rings is 2. The van der Waals surface area contributed by atoms with Crippen molar-refractivity contribution in [3.63, 3.8) is 0 Å². The normalized spacial score (nSPS) is 23.1. The van der Waals surface area contributed by atoms with E-state index in [4.69, 9.17) is 9.47 Å². The predicted molar refractivity (Wildman–Crippen MR) is 91.3 cm³/mol. The summed E-state index contributed by atoms with van der Waals surface area (Å²) in [5.41, 5.74) is 2.72. The predicted octanol–water partition coefficient (Wildman–Crippen LogP) is 3.39. The van der Waals surface area contributed by atoms with Gasteiger partial charge in [-0.2, -0.15) is 0 Å². The lowest BCUT2D eigenvalue weighted by molar-refractivity contribution is 0.196. The fourth-order valence-corrected chi connectivity index (χ4v) is 3.68. The zero-order valence-electron chi connectivity index (χ0n) is 13.3. The Morgan fingerprint density at radius 3 is 2.96 bits per heavy atom. The molecule has 2 aliphatic heterocycles. The van der Waals surface area contributed by atoms with Crippen LogP contribution in [0.15, 0.2) is 48.5 Å². The molecule has 2 heterocycles. The monoisotopic (exact) mass is 309 g/mol. The van der Waals surface area contributed by atoms with Gasteiger partial charge in [-0.25, -0.2) is 0 Å². The molecule has 0 aromatic heterocycles. The quantitative estimate of drug-likeness (QED) is 0.939.